The Morgan fingerprint density at radius 3 is 2.50 bits per heavy atom. The standard InChI is InChI=1S/C14H17F2N3O/c1-3-13-10(8-19(2)18-13)7-17-6-9-4-11(15)14(20)12(16)5-9/h4-5,8,17,20H,3,6-7H2,1-2H3. The molecular weight excluding hydrogens is 264 g/mol. The summed E-state index contributed by atoms with van der Waals surface area (Å²) in [6, 6.07) is 2.24. The summed E-state index contributed by atoms with van der Waals surface area (Å²) in [7, 11) is 1.85. The van der Waals surface area contributed by atoms with Crippen LogP contribution in [0.1, 0.15) is 23.7 Å². The molecule has 0 spiro atoms. The summed E-state index contributed by atoms with van der Waals surface area (Å²) in [5, 5.41) is 16.5. The smallest absolute Gasteiger partial charge is 0.187 e. The summed E-state index contributed by atoms with van der Waals surface area (Å²) in [5.74, 6) is -2.83. The van der Waals surface area contributed by atoms with Gasteiger partial charge in [-0.3, -0.25) is 4.68 Å². The van der Waals surface area contributed by atoms with Gasteiger partial charge in [0, 0.05) is 31.9 Å². The highest BCUT2D eigenvalue weighted by Crippen LogP contribution is 2.21. The van der Waals surface area contributed by atoms with Gasteiger partial charge in [-0.15, -0.1) is 0 Å². The van der Waals surface area contributed by atoms with Crippen LogP contribution in [0.3, 0.4) is 0 Å². The van der Waals surface area contributed by atoms with Gasteiger partial charge in [-0.05, 0) is 24.1 Å². The molecule has 0 radical (unpaired) electrons. The lowest BCUT2D eigenvalue weighted by atomic mass is 10.2. The van der Waals surface area contributed by atoms with Gasteiger partial charge in [-0.25, -0.2) is 8.78 Å². The molecule has 2 N–H and O–H groups in total. The molecule has 0 bridgehead atoms. The molecule has 0 aliphatic heterocycles. The van der Waals surface area contributed by atoms with E-state index in [4.69, 9.17) is 5.11 Å². The molecule has 4 nitrogen and oxygen atoms in total. The number of aryl methyl sites for hydroxylation is 2. The lowest BCUT2D eigenvalue weighted by molar-refractivity contribution is 0.395. The number of phenolic OH excluding ortho intramolecular Hbond substituents is 1. The molecule has 2 rings (SSSR count). The van der Waals surface area contributed by atoms with Crippen LogP contribution in [0.15, 0.2) is 18.3 Å². The first-order chi connectivity index (χ1) is 9.51. The molecule has 2 aromatic rings. The second kappa shape index (κ2) is 6.00. The number of phenols is 1. The topological polar surface area (TPSA) is 50.1 Å². The molecular formula is C14H17F2N3O. The maximum absolute atomic E-state index is 13.2. The van der Waals surface area contributed by atoms with Gasteiger partial charge in [0.1, 0.15) is 0 Å². The maximum atomic E-state index is 13.2. The minimum absolute atomic E-state index is 0.312. The first-order valence-electron chi connectivity index (χ1n) is 6.40. The summed E-state index contributed by atoms with van der Waals surface area (Å²) < 4.78 is 28.1. The van der Waals surface area contributed by atoms with Gasteiger partial charge in [-0.2, -0.15) is 5.10 Å². The van der Waals surface area contributed by atoms with Crippen LogP contribution in [-0.2, 0) is 26.6 Å². The van der Waals surface area contributed by atoms with E-state index in [-0.39, 0.29) is 0 Å². The summed E-state index contributed by atoms with van der Waals surface area (Å²) in [5.41, 5.74) is 2.51. The molecule has 0 saturated heterocycles. The summed E-state index contributed by atoms with van der Waals surface area (Å²) in [6.07, 6.45) is 2.75. The summed E-state index contributed by atoms with van der Waals surface area (Å²) in [4.78, 5) is 0. The highest BCUT2D eigenvalue weighted by atomic mass is 19.1. The van der Waals surface area contributed by atoms with E-state index in [9.17, 15) is 8.78 Å². The molecule has 0 aliphatic rings. The largest absolute Gasteiger partial charge is 0.503 e. The number of nitrogens with one attached hydrogen (secondary N) is 1. The zero-order valence-electron chi connectivity index (χ0n) is 11.5. The van der Waals surface area contributed by atoms with Crippen molar-refractivity contribution in [3.8, 4) is 5.75 Å². The minimum Gasteiger partial charge on any atom is -0.503 e. The van der Waals surface area contributed by atoms with Crippen LogP contribution in [0, 0.1) is 11.6 Å². The van der Waals surface area contributed by atoms with Gasteiger partial charge in [0.15, 0.2) is 17.4 Å². The molecule has 108 valence electrons. The van der Waals surface area contributed by atoms with Crippen LogP contribution < -0.4 is 5.32 Å². The van der Waals surface area contributed by atoms with Crippen molar-refractivity contribution < 1.29 is 13.9 Å². The lowest BCUT2D eigenvalue weighted by Gasteiger charge is -2.06. The minimum atomic E-state index is -0.947. The molecule has 1 aromatic heterocycles. The molecule has 20 heavy (non-hydrogen) atoms. The van der Waals surface area contributed by atoms with Crippen molar-refractivity contribution in [3.05, 3.63) is 46.8 Å². The van der Waals surface area contributed by atoms with Crippen molar-refractivity contribution in [2.75, 3.05) is 0 Å². The van der Waals surface area contributed by atoms with E-state index in [2.05, 4.69) is 10.4 Å². The number of hydrogen-bond acceptors (Lipinski definition) is 3. The Bertz CT molecular complexity index is 587. The molecule has 0 unspecified atom stereocenters. The SMILES string of the molecule is CCc1nn(C)cc1CNCc1cc(F)c(O)c(F)c1. The molecule has 0 atom stereocenters. The van der Waals surface area contributed by atoms with Gasteiger partial charge < -0.3 is 10.4 Å². The lowest BCUT2D eigenvalue weighted by Crippen LogP contribution is -2.13. The average molecular weight is 281 g/mol. The van der Waals surface area contributed by atoms with Crippen molar-refractivity contribution in [3.63, 3.8) is 0 Å². The Balaban J connectivity index is 1.99. The third-order valence-electron chi connectivity index (χ3n) is 3.05. The van der Waals surface area contributed by atoms with Gasteiger partial charge >= 0.3 is 0 Å². The molecule has 6 heteroatoms. The quantitative estimate of drug-likeness (QED) is 0.884. The van der Waals surface area contributed by atoms with Crippen LogP contribution in [-0.4, -0.2) is 14.9 Å². The number of aromatic hydroxyl groups is 1. The summed E-state index contributed by atoms with van der Waals surface area (Å²) >= 11 is 0. The predicted octanol–water partition coefficient (Wildman–Crippen LogP) is 2.26. The number of nitrogens with zero attached hydrogens (tertiary/aromatic N) is 2. The van der Waals surface area contributed by atoms with Gasteiger partial charge in [0.2, 0.25) is 0 Å². The predicted molar refractivity (Wildman–Crippen MR) is 71.2 cm³/mol. The average Bonchev–Trinajstić information content (AvgIpc) is 2.76. The zero-order chi connectivity index (χ0) is 14.7. The Labute approximate surface area is 116 Å². The van der Waals surface area contributed by atoms with Crippen LogP contribution >= 0.6 is 0 Å². The highest BCUT2D eigenvalue weighted by Gasteiger charge is 2.10. The molecule has 0 aliphatic carbocycles. The van der Waals surface area contributed by atoms with E-state index in [1.807, 2.05) is 20.2 Å². The Morgan fingerprint density at radius 2 is 1.90 bits per heavy atom. The van der Waals surface area contributed by atoms with Crippen LogP contribution in [0.5, 0.6) is 5.75 Å². The van der Waals surface area contributed by atoms with Crippen LogP contribution in [0.25, 0.3) is 0 Å². The molecule has 1 aromatic carbocycles. The Hall–Kier alpha value is -1.95. The van der Waals surface area contributed by atoms with Crippen molar-refractivity contribution in [1.82, 2.24) is 15.1 Å². The first-order valence-corrected chi connectivity index (χ1v) is 6.40. The van der Waals surface area contributed by atoms with Gasteiger partial charge in [-0.1, -0.05) is 6.92 Å². The number of benzene rings is 1. The Morgan fingerprint density at radius 1 is 1.25 bits per heavy atom. The fraction of sp³-hybridized carbons (Fsp3) is 0.357. The normalized spacial score (nSPS) is 11.0. The number of halogens is 2. The molecule has 0 amide bonds. The summed E-state index contributed by atoms with van der Waals surface area (Å²) in [6.45, 7) is 2.91. The number of aromatic nitrogens is 2. The van der Waals surface area contributed by atoms with E-state index < -0.39 is 17.4 Å². The van der Waals surface area contributed by atoms with E-state index in [0.29, 0.717) is 18.7 Å². The van der Waals surface area contributed by atoms with Gasteiger partial charge in [0.05, 0.1) is 5.69 Å². The fourth-order valence-electron chi connectivity index (χ4n) is 2.09. The van der Waals surface area contributed by atoms with E-state index in [1.165, 1.54) is 0 Å². The molecule has 0 fully saturated rings. The van der Waals surface area contributed by atoms with Crippen molar-refractivity contribution >= 4 is 0 Å². The van der Waals surface area contributed by atoms with Crippen LogP contribution in [0.4, 0.5) is 8.78 Å². The second-order valence-electron chi connectivity index (χ2n) is 4.64. The van der Waals surface area contributed by atoms with Crippen molar-refractivity contribution in [2.24, 2.45) is 7.05 Å². The molecule has 1 heterocycles. The van der Waals surface area contributed by atoms with Crippen molar-refractivity contribution in [1.29, 1.82) is 0 Å². The van der Waals surface area contributed by atoms with Gasteiger partial charge in [0.25, 0.3) is 0 Å². The highest BCUT2D eigenvalue weighted by molar-refractivity contribution is 5.30. The molecule has 0 saturated carbocycles. The number of rotatable bonds is 5. The Kier molecular flexibility index (Phi) is 4.34. The second-order valence-corrected chi connectivity index (χ2v) is 4.64. The fourth-order valence-corrected chi connectivity index (χ4v) is 2.09. The van der Waals surface area contributed by atoms with Crippen LogP contribution in [0.2, 0.25) is 0 Å². The van der Waals surface area contributed by atoms with Crippen molar-refractivity contribution in [2.45, 2.75) is 26.4 Å². The number of hydrogen-bond donors (Lipinski definition) is 2. The first kappa shape index (κ1) is 14.5. The maximum Gasteiger partial charge on any atom is 0.187 e. The van der Waals surface area contributed by atoms with E-state index >= 15 is 0 Å². The third kappa shape index (κ3) is 3.14. The zero-order valence-corrected chi connectivity index (χ0v) is 11.5. The monoisotopic (exact) mass is 281 g/mol. The van der Waals surface area contributed by atoms with E-state index in [0.717, 1.165) is 29.8 Å². The van der Waals surface area contributed by atoms with E-state index in [1.54, 1.807) is 4.68 Å². The third-order valence-corrected chi connectivity index (χ3v) is 3.05.